The van der Waals surface area contributed by atoms with Gasteiger partial charge < -0.3 is 9.47 Å². The highest BCUT2D eigenvalue weighted by atomic mass is 16.7. The van der Waals surface area contributed by atoms with Crippen molar-refractivity contribution in [1.29, 1.82) is 0 Å². The minimum Gasteiger partial charge on any atom is -0.350 e. The zero-order valence-corrected chi connectivity index (χ0v) is 8.80. The molecule has 76 valence electrons. The van der Waals surface area contributed by atoms with E-state index >= 15 is 0 Å². The van der Waals surface area contributed by atoms with Crippen molar-refractivity contribution in [2.45, 2.75) is 32.5 Å². The van der Waals surface area contributed by atoms with Crippen LogP contribution in [0.3, 0.4) is 0 Å². The van der Waals surface area contributed by atoms with E-state index in [0.29, 0.717) is 26.1 Å². The van der Waals surface area contributed by atoms with Crippen LogP contribution >= 0.6 is 0 Å². The van der Waals surface area contributed by atoms with Crippen molar-refractivity contribution >= 4 is 0 Å². The van der Waals surface area contributed by atoms with Crippen LogP contribution in [0.2, 0.25) is 0 Å². The normalized spacial score (nSPS) is 23.4. The summed E-state index contributed by atoms with van der Waals surface area (Å²) in [5.74, 6) is 4.76. The highest BCUT2D eigenvalue weighted by Crippen LogP contribution is 2.34. The Hall–Kier alpha value is -0.960. The van der Waals surface area contributed by atoms with Crippen LogP contribution in [0.25, 0.3) is 0 Å². The zero-order valence-electron chi connectivity index (χ0n) is 8.80. The Morgan fingerprint density at radius 2 is 1.50 bits per heavy atom. The molecule has 0 N–H and O–H groups in total. The van der Waals surface area contributed by atoms with Crippen molar-refractivity contribution in [2.24, 2.45) is 5.41 Å². The molecule has 1 aliphatic rings. The lowest BCUT2D eigenvalue weighted by Gasteiger charge is -2.41. The molecule has 0 spiro atoms. The lowest BCUT2D eigenvalue weighted by Crippen LogP contribution is -2.46. The van der Waals surface area contributed by atoms with Gasteiger partial charge in [0.25, 0.3) is 0 Å². The van der Waals surface area contributed by atoms with E-state index in [-0.39, 0.29) is 5.41 Å². The molecule has 0 saturated carbocycles. The monoisotopic (exact) mass is 192 g/mol. The van der Waals surface area contributed by atoms with E-state index in [9.17, 15) is 0 Å². The summed E-state index contributed by atoms with van der Waals surface area (Å²) in [6.45, 7) is 4.94. The lowest BCUT2D eigenvalue weighted by molar-refractivity contribution is -0.283. The molecule has 14 heavy (non-hydrogen) atoms. The predicted molar refractivity (Wildman–Crippen MR) is 55.3 cm³/mol. The second kappa shape index (κ2) is 4.05. The average Bonchev–Trinajstić information content (AvgIpc) is 2.12. The maximum atomic E-state index is 5.57. The molecule has 1 heterocycles. The van der Waals surface area contributed by atoms with Gasteiger partial charge in [-0.25, -0.2) is 0 Å². The van der Waals surface area contributed by atoms with Gasteiger partial charge in [-0.05, 0) is 13.8 Å². The van der Waals surface area contributed by atoms with Crippen molar-refractivity contribution in [3.05, 3.63) is 0 Å². The van der Waals surface area contributed by atoms with E-state index in [0.717, 1.165) is 0 Å². The summed E-state index contributed by atoms with van der Waals surface area (Å²) in [4.78, 5) is 0. The zero-order chi connectivity index (χ0) is 10.7. The van der Waals surface area contributed by atoms with Gasteiger partial charge in [0.2, 0.25) is 0 Å². The van der Waals surface area contributed by atoms with Gasteiger partial charge in [-0.2, -0.15) is 0 Å². The maximum absolute atomic E-state index is 5.57. The molecule has 0 atom stereocenters. The summed E-state index contributed by atoms with van der Waals surface area (Å²) in [6, 6.07) is 0. The molecule has 0 aromatic carbocycles. The van der Waals surface area contributed by atoms with Gasteiger partial charge in [0.1, 0.15) is 0 Å². The Morgan fingerprint density at radius 3 is 1.86 bits per heavy atom. The molecule has 1 saturated heterocycles. The quantitative estimate of drug-likeness (QED) is 0.621. The maximum Gasteiger partial charge on any atom is 0.162 e. The van der Waals surface area contributed by atoms with Crippen LogP contribution in [0.4, 0.5) is 0 Å². The first-order valence-electron chi connectivity index (χ1n) is 4.68. The third-order valence-corrected chi connectivity index (χ3v) is 2.41. The number of terminal acetylenes is 2. The van der Waals surface area contributed by atoms with E-state index in [4.69, 9.17) is 22.3 Å². The second-order valence-electron chi connectivity index (χ2n) is 4.24. The van der Waals surface area contributed by atoms with Gasteiger partial charge in [-0.15, -0.1) is 24.7 Å². The van der Waals surface area contributed by atoms with Crippen molar-refractivity contribution in [3.63, 3.8) is 0 Å². The van der Waals surface area contributed by atoms with E-state index < -0.39 is 5.79 Å². The minimum atomic E-state index is -0.507. The van der Waals surface area contributed by atoms with Crippen LogP contribution in [-0.2, 0) is 9.47 Å². The molecular weight excluding hydrogens is 176 g/mol. The summed E-state index contributed by atoms with van der Waals surface area (Å²) >= 11 is 0. The fourth-order valence-electron chi connectivity index (χ4n) is 1.44. The number of hydrogen-bond acceptors (Lipinski definition) is 2. The van der Waals surface area contributed by atoms with Crippen LogP contribution < -0.4 is 0 Å². The topological polar surface area (TPSA) is 18.5 Å². The summed E-state index contributed by atoms with van der Waals surface area (Å²) < 4.78 is 11.1. The third kappa shape index (κ3) is 2.51. The molecule has 0 aromatic rings. The van der Waals surface area contributed by atoms with E-state index in [2.05, 4.69) is 11.8 Å². The highest BCUT2D eigenvalue weighted by Gasteiger charge is 2.38. The molecule has 0 aromatic heterocycles. The Morgan fingerprint density at radius 1 is 1.07 bits per heavy atom. The Labute approximate surface area is 86.0 Å². The Balaban J connectivity index is 2.66. The third-order valence-electron chi connectivity index (χ3n) is 2.41. The smallest absolute Gasteiger partial charge is 0.162 e. The van der Waals surface area contributed by atoms with Crippen molar-refractivity contribution < 1.29 is 9.47 Å². The fraction of sp³-hybridized carbons (Fsp3) is 0.667. The van der Waals surface area contributed by atoms with Gasteiger partial charge >= 0.3 is 0 Å². The molecule has 2 heteroatoms. The number of ether oxygens (including phenoxy) is 2. The van der Waals surface area contributed by atoms with Crippen LogP contribution in [0.5, 0.6) is 0 Å². The van der Waals surface area contributed by atoms with Gasteiger partial charge in [0.05, 0.1) is 13.2 Å². The molecule has 1 fully saturated rings. The first kappa shape index (κ1) is 11.1. The lowest BCUT2D eigenvalue weighted by atomic mass is 9.82. The molecule has 2 nitrogen and oxygen atoms in total. The average molecular weight is 192 g/mol. The second-order valence-corrected chi connectivity index (χ2v) is 4.24. The Bertz CT molecular complexity index is 250. The van der Waals surface area contributed by atoms with Crippen LogP contribution in [0, 0.1) is 30.1 Å². The minimum absolute atomic E-state index is 0.182. The molecule has 1 aliphatic heterocycles. The highest BCUT2D eigenvalue weighted by molar-refractivity contribution is 5.02. The molecule has 0 amide bonds. The first-order chi connectivity index (χ1) is 6.54. The van der Waals surface area contributed by atoms with Gasteiger partial charge in [-0.1, -0.05) is 0 Å². The summed E-state index contributed by atoms with van der Waals surface area (Å²) in [6.07, 6.45) is 11.8. The van der Waals surface area contributed by atoms with Gasteiger partial charge in [0, 0.05) is 18.3 Å². The van der Waals surface area contributed by atoms with Gasteiger partial charge in [0.15, 0.2) is 5.79 Å². The molecule has 0 aliphatic carbocycles. The summed E-state index contributed by atoms with van der Waals surface area (Å²) in [7, 11) is 0. The molecule has 1 rings (SSSR count). The molecule has 0 bridgehead atoms. The van der Waals surface area contributed by atoms with Crippen molar-refractivity contribution in [3.8, 4) is 24.7 Å². The fourth-order valence-corrected chi connectivity index (χ4v) is 1.44. The Kier molecular flexibility index (Phi) is 3.21. The van der Waals surface area contributed by atoms with Crippen molar-refractivity contribution in [1.82, 2.24) is 0 Å². The number of rotatable bonds is 2. The van der Waals surface area contributed by atoms with Gasteiger partial charge in [-0.3, -0.25) is 0 Å². The van der Waals surface area contributed by atoms with E-state index in [1.165, 1.54) is 0 Å². The SMILES string of the molecule is C#CCC1(CC#C)COC(C)(C)OC1. The predicted octanol–water partition coefficient (Wildman–Crippen LogP) is 1.80. The summed E-state index contributed by atoms with van der Waals surface area (Å²) in [5.41, 5.74) is -0.182. The summed E-state index contributed by atoms with van der Waals surface area (Å²) in [5, 5.41) is 0. The van der Waals surface area contributed by atoms with Crippen LogP contribution in [0.15, 0.2) is 0 Å². The van der Waals surface area contributed by atoms with Crippen molar-refractivity contribution in [2.75, 3.05) is 13.2 Å². The van der Waals surface area contributed by atoms with E-state index in [1.54, 1.807) is 0 Å². The van der Waals surface area contributed by atoms with Crippen LogP contribution in [0.1, 0.15) is 26.7 Å². The van der Waals surface area contributed by atoms with Crippen LogP contribution in [-0.4, -0.2) is 19.0 Å². The number of hydrogen-bond donors (Lipinski definition) is 0. The largest absolute Gasteiger partial charge is 0.350 e. The standard InChI is InChI=1S/C12H16O2/c1-5-7-12(8-6-2)9-13-11(3,4)14-10-12/h1-2H,7-10H2,3-4H3. The first-order valence-corrected chi connectivity index (χ1v) is 4.68. The molecular formula is C12H16O2. The molecule has 0 radical (unpaired) electrons. The van der Waals surface area contributed by atoms with E-state index in [1.807, 2.05) is 13.8 Å². The molecule has 0 unspecified atom stereocenters.